The van der Waals surface area contributed by atoms with Gasteiger partial charge in [-0.2, -0.15) is 0 Å². The predicted molar refractivity (Wildman–Crippen MR) is 65.6 cm³/mol. The number of aromatic nitrogens is 1. The lowest BCUT2D eigenvalue weighted by molar-refractivity contribution is 0.0697. The van der Waals surface area contributed by atoms with Crippen LogP contribution >= 0.6 is 11.6 Å². The summed E-state index contributed by atoms with van der Waals surface area (Å²) in [7, 11) is 0. The van der Waals surface area contributed by atoms with E-state index < -0.39 is 5.97 Å². The fourth-order valence-electron chi connectivity index (χ4n) is 1.44. The number of carbonyl (C=O) groups is 1. The number of pyridine rings is 1. The van der Waals surface area contributed by atoms with Crippen LogP contribution in [-0.4, -0.2) is 33.8 Å². The largest absolute Gasteiger partial charge is 0.478 e. The summed E-state index contributed by atoms with van der Waals surface area (Å²) in [6, 6.07) is 2.77. The fourth-order valence-corrected chi connectivity index (χ4v) is 1.65. The molecule has 0 aromatic carbocycles. The van der Waals surface area contributed by atoms with Gasteiger partial charge < -0.3 is 15.5 Å². The smallest absolute Gasteiger partial charge is 0.335 e. The summed E-state index contributed by atoms with van der Waals surface area (Å²) in [6.07, 6.45) is 1.38. The molecule has 1 unspecified atom stereocenters. The second kappa shape index (κ2) is 6.42. The lowest BCUT2D eigenvalue weighted by Crippen LogP contribution is -2.20. The third-order valence-electron chi connectivity index (χ3n) is 2.36. The maximum absolute atomic E-state index is 10.8. The molecule has 0 fully saturated rings. The molecule has 0 amide bonds. The Hall–Kier alpha value is -1.33. The van der Waals surface area contributed by atoms with Gasteiger partial charge in [-0.3, -0.25) is 0 Å². The summed E-state index contributed by atoms with van der Waals surface area (Å²) < 4.78 is 0. The Morgan fingerprint density at radius 1 is 1.59 bits per heavy atom. The molecule has 0 spiro atoms. The number of hydrogen-bond donors (Lipinski definition) is 3. The van der Waals surface area contributed by atoms with Gasteiger partial charge >= 0.3 is 5.97 Å². The summed E-state index contributed by atoms with van der Waals surface area (Å²) in [6.45, 7) is 2.04. The van der Waals surface area contributed by atoms with Crippen molar-refractivity contribution in [2.45, 2.75) is 25.8 Å². The number of nitrogens with zero attached hydrogens (tertiary/aromatic N) is 1. The van der Waals surface area contributed by atoms with E-state index in [4.69, 9.17) is 21.8 Å². The van der Waals surface area contributed by atoms with Crippen LogP contribution < -0.4 is 5.32 Å². The van der Waals surface area contributed by atoms with E-state index in [9.17, 15) is 4.79 Å². The van der Waals surface area contributed by atoms with Crippen LogP contribution in [-0.2, 0) is 0 Å². The average molecular weight is 259 g/mol. The van der Waals surface area contributed by atoms with Crippen molar-refractivity contribution < 1.29 is 15.0 Å². The second-order valence-corrected chi connectivity index (χ2v) is 4.02. The van der Waals surface area contributed by atoms with Crippen molar-refractivity contribution in [3.8, 4) is 0 Å². The number of aliphatic hydroxyl groups excluding tert-OH is 1. The molecule has 1 aromatic heterocycles. The fraction of sp³-hybridized carbons (Fsp3) is 0.455. The Bertz CT molecular complexity index is 398. The quantitative estimate of drug-likeness (QED) is 0.680. The van der Waals surface area contributed by atoms with Gasteiger partial charge in [0.25, 0.3) is 0 Å². The lowest BCUT2D eigenvalue weighted by atomic mass is 10.1. The summed E-state index contributed by atoms with van der Waals surface area (Å²) in [4.78, 5) is 14.8. The van der Waals surface area contributed by atoms with Gasteiger partial charge in [-0.05, 0) is 25.0 Å². The van der Waals surface area contributed by atoms with E-state index in [1.807, 2.05) is 6.92 Å². The third-order valence-corrected chi connectivity index (χ3v) is 2.56. The van der Waals surface area contributed by atoms with Gasteiger partial charge in [0.05, 0.1) is 5.56 Å². The zero-order valence-corrected chi connectivity index (χ0v) is 10.2. The number of halogens is 1. The second-order valence-electron chi connectivity index (χ2n) is 3.63. The van der Waals surface area contributed by atoms with Crippen LogP contribution in [0.1, 0.15) is 30.1 Å². The minimum atomic E-state index is -1.05. The van der Waals surface area contributed by atoms with Crippen molar-refractivity contribution in [3.05, 3.63) is 22.8 Å². The molecule has 0 aliphatic rings. The standard InChI is InChI=1S/C11H15ClN2O3/c1-2-8(3-4-15)13-10-6-7(11(16)17)5-9(12)14-10/h5-6,8,15H,2-4H2,1H3,(H,13,14)(H,16,17). The molecule has 0 radical (unpaired) electrons. The van der Waals surface area contributed by atoms with Crippen LogP contribution in [0.4, 0.5) is 5.82 Å². The minimum Gasteiger partial charge on any atom is -0.478 e. The van der Waals surface area contributed by atoms with Crippen LogP contribution in [0.25, 0.3) is 0 Å². The van der Waals surface area contributed by atoms with Gasteiger partial charge in [0.1, 0.15) is 11.0 Å². The van der Waals surface area contributed by atoms with E-state index in [0.717, 1.165) is 6.42 Å². The summed E-state index contributed by atoms with van der Waals surface area (Å²) in [5.41, 5.74) is 0.0892. The Morgan fingerprint density at radius 2 is 2.29 bits per heavy atom. The molecule has 1 atom stereocenters. The third kappa shape index (κ3) is 4.20. The van der Waals surface area contributed by atoms with Crippen LogP contribution in [0.15, 0.2) is 12.1 Å². The van der Waals surface area contributed by atoms with Crippen molar-refractivity contribution in [1.29, 1.82) is 0 Å². The van der Waals surface area contributed by atoms with Crippen LogP contribution in [0.2, 0.25) is 5.15 Å². The highest BCUT2D eigenvalue weighted by Gasteiger charge is 2.10. The molecule has 0 saturated carbocycles. The van der Waals surface area contributed by atoms with Gasteiger partial charge in [0, 0.05) is 12.6 Å². The molecule has 1 aromatic rings. The molecule has 3 N–H and O–H groups in total. The number of hydrogen-bond acceptors (Lipinski definition) is 4. The van der Waals surface area contributed by atoms with Gasteiger partial charge in [0.15, 0.2) is 0 Å². The van der Waals surface area contributed by atoms with Crippen molar-refractivity contribution >= 4 is 23.4 Å². The average Bonchev–Trinajstić information content (AvgIpc) is 2.27. The molecule has 17 heavy (non-hydrogen) atoms. The molecule has 94 valence electrons. The highest BCUT2D eigenvalue weighted by atomic mass is 35.5. The van der Waals surface area contributed by atoms with Crippen LogP contribution in [0, 0.1) is 0 Å². The monoisotopic (exact) mass is 258 g/mol. The number of anilines is 1. The van der Waals surface area contributed by atoms with E-state index in [1.54, 1.807) is 0 Å². The van der Waals surface area contributed by atoms with Gasteiger partial charge in [0.2, 0.25) is 0 Å². The Labute approximate surface area is 104 Å². The van der Waals surface area contributed by atoms with Gasteiger partial charge in [-0.15, -0.1) is 0 Å². The first-order chi connectivity index (χ1) is 8.06. The lowest BCUT2D eigenvalue weighted by Gasteiger charge is -2.16. The van der Waals surface area contributed by atoms with Crippen molar-refractivity contribution in [1.82, 2.24) is 4.98 Å². The molecule has 1 rings (SSSR count). The molecular weight excluding hydrogens is 244 g/mol. The highest BCUT2D eigenvalue weighted by Crippen LogP contribution is 2.16. The number of carboxylic acids is 1. The first-order valence-electron chi connectivity index (χ1n) is 5.35. The van der Waals surface area contributed by atoms with E-state index in [0.29, 0.717) is 12.2 Å². The number of aromatic carboxylic acids is 1. The zero-order valence-electron chi connectivity index (χ0n) is 9.48. The molecule has 5 nitrogen and oxygen atoms in total. The minimum absolute atomic E-state index is 0.0487. The summed E-state index contributed by atoms with van der Waals surface area (Å²) in [5, 5.41) is 20.9. The van der Waals surface area contributed by atoms with E-state index >= 15 is 0 Å². The van der Waals surface area contributed by atoms with E-state index in [1.165, 1.54) is 12.1 Å². The normalized spacial score (nSPS) is 12.2. The topological polar surface area (TPSA) is 82.5 Å². The molecule has 0 saturated heterocycles. The van der Waals surface area contributed by atoms with Crippen LogP contribution in [0.3, 0.4) is 0 Å². The van der Waals surface area contributed by atoms with Crippen LogP contribution in [0.5, 0.6) is 0 Å². The number of nitrogens with one attached hydrogen (secondary N) is 1. The number of aliphatic hydroxyl groups is 1. The first kappa shape index (κ1) is 13.7. The summed E-state index contributed by atoms with van der Waals surface area (Å²) in [5.74, 6) is -0.636. The van der Waals surface area contributed by atoms with Gasteiger partial charge in [-0.25, -0.2) is 9.78 Å². The number of rotatable bonds is 6. The molecule has 1 heterocycles. The molecule has 0 aliphatic heterocycles. The molecular formula is C11H15ClN2O3. The maximum atomic E-state index is 10.8. The SMILES string of the molecule is CCC(CCO)Nc1cc(C(=O)O)cc(Cl)n1. The molecule has 0 aliphatic carbocycles. The molecule has 0 bridgehead atoms. The Morgan fingerprint density at radius 3 is 2.82 bits per heavy atom. The van der Waals surface area contributed by atoms with Crippen molar-refractivity contribution in [3.63, 3.8) is 0 Å². The predicted octanol–water partition coefficient (Wildman–Crippen LogP) is 2.01. The first-order valence-corrected chi connectivity index (χ1v) is 5.73. The van der Waals surface area contributed by atoms with E-state index in [2.05, 4.69) is 10.3 Å². The number of carboxylic acid groups (broad SMARTS) is 1. The van der Waals surface area contributed by atoms with E-state index in [-0.39, 0.29) is 23.4 Å². The summed E-state index contributed by atoms with van der Waals surface area (Å²) >= 11 is 5.73. The van der Waals surface area contributed by atoms with Crippen molar-refractivity contribution in [2.75, 3.05) is 11.9 Å². The van der Waals surface area contributed by atoms with Crippen molar-refractivity contribution in [2.24, 2.45) is 0 Å². The van der Waals surface area contributed by atoms with Gasteiger partial charge in [-0.1, -0.05) is 18.5 Å². The molecule has 6 heteroatoms. The zero-order chi connectivity index (χ0) is 12.8. The highest BCUT2D eigenvalue weighted by molar-refractivity contribution is 6.29. The Kier molecular flexibility index (Phi) is 5.18. The maximum Gasteiger partial charge on any atom is 0.335 e. The Balaban J connectivity index is 2.86.